The van der Waals surface area contributed by atoms with E-state index in [1.807, 2.05) is 11.8 Å². The van der Waals surface area contributed by atoms with Crippen LogP contribution in [0.3, 0.4) is 0 Å². The molecule has 5 nitrogen and oxygen atoms in total. The normalized spacial score (nSPS) is 24.7. The molecule has 19 heavy (non-hydrogen) atoms. The van der Waals surface area contributed by atoms with Gasteiger partial charge in [-0.25, -0.2) is 0 Å². The zero-order chi connectivity index (χ0) is 14.5. The van der Waals surface area contributed by atoms with Crippen molar-refractivity contribution in [3.05, 3.63) is 0 Å². The molecular weight excluding hydrogens is 242 g/mol. The maximum Gasteiger partial charge on any atom is 0.236 e. The Morgan fingerprint density at radius 2 is 2.11 bits per heavy atom. The number of carbonyl (C=O) groups is 1. The third kappa shape index (κ3) is 3.19. The number of hydrogen-bond donors (Lipinski definition) is 2. The van der Waals surface area contributed by atoms with E-state index >= 15 is 0 Å². The second-order valence-electron chi connectivity index (χ2n) is 5.58. The summed E-state index contributed by atoms with van der Waals surface area (Å²) in [5.74, 6) is 0.0122. The molecule has 0 aromatic heterocycles. The molecule has 0 bridgehead atoms. The average Bonchev–Trinajstić information content (AvgIpc) is 2.69. The van der Waals surface area contributed by atoms with Gasteiger partial charge in [0.2, 0.25) is 5.91 Å². The van der Waals surface area contributed by atoms with Gasteiger partial charge in [0.05, 0.1) is 0 Å². The van der Waals surface area contributed by atoms with Crippen molar-refractivity contribution in [1.29, 1.82) is 0 Å². The summed E-state index contributed by atoms with van der Waals surface area (Å²) in [7, 11) is 0. The van der Waals surface area contributed by atoms with Crippen molar-refractivity contribution < 1.29 is 10.0 Å². The lowest BCUT2D eigenvalue weighted by atomic mass is 9.84. The third-order valence-electron chi connectivity index (χ3n) is 4.46. The average molecular weight is 269 g/mol. The maximum atomic E-state index is 12.8. The first-order chi connectivity index (χ1) is 9.01. The minimum atomic E-state index is -0.896. The Kier molecular flexibility index (Phi) is 5.63. The van der Waals surface area contributed by atoms with Crippen LogP contribution in [0.5, 0.6) is 0 Å². The van der Waals surface area contributed by atoms with Gasteiger partial charge in [0.1, 0.15) is 5.41 Å². The van der Waals surface area contributed by atoms with E-state index in [1.165, 1.54) is 12.8 Å². The van der Waals surface area contributed by atoms with E-state index in [-0.39, 0.29) is 17.8 Å². The molecule has 1 fully saturated rings. The molecule has 110 valence electrons. The summed E-state index contributed by atoms with van der Waals surface area (Å²) >= 11 is 0. The molecule has 0 saturated carbocycles. The van der Waals surface area contributed by atoms with Gasteiger partial charge in [0.15, 0.2) is 5.84 Å². The van der Waals surface area contributed by atoms with E-state index < -0.39 is 5.41 Å². The number of nitrogens with two attached hydrogens (primary N) is 1. The Morgan fingerprint density at radius 1 is 1.42 bits per heavy atom. The number of carbonyl (C=O) groups excluding carboxylic acids is 1. The fourth-order valence-electron chi connectivity index (χ4n) is 2.74. The van der Waals surface area contributed by atoms with Crippen LogP contribution in [0.25, 0.3) is 0 Å². The molecule has 1 aliphatic heterocycles. The molecule has 1 heterocycles. The smallest absolute Gasteiger partial charge is 0.236 e. The van der Waals surface area contributed by atoms with Crippen molar-refractivity contribution >= 4 is 11.7 Å². The third-order valence-corrected chi connectivity index (χ3v) is 4.46. The van der Waals surface area contributed by atoms with Crippen LogP contribution in [0.2, 0.25) is 0 Å². The van der Waals surface area contributed by atoms with Crippen molar-refractivity contribution in [2.45, 2.75) is 65.3 Å². The lowest BCUT2D eigenvalue weighted by Crippen LogP contribution is -2.52. The standard InChI is InChI=1S/C14H27N3O2/c1-4-11-9-7-6-8-10-17(11)13(18)14(3,5-2)12(15)16-19/h11,19H,4-10H2,1-3H3,(H2,15,16). The molecular formula is C14H27N3O2. The Hall–Kier alpha value is -1.26. The highest BCUT2D eigenvalue weighted by molar-refractivity contribution is 6.06. The summed E-state index contributed by atoms with van der Waals surface area (Å²) in [6.07, 6.45) is 5.94. The molecule has 5 heteroatoms. The van der Waals surface area contributed by atoms with Crippen molar-refractivity contribution in [1.82, 2.24) is 4.90 Å². The van der Waals surface area contributed by atoms with Gasteiger partial charge in [-0.1, -0.05) is 31.8 Å². The van der Waals surface area contributed by atoms with Crippen molar-refractivity contribution in [3.63, 3.8) is 0 Å². The highest BCUT2D eigenvalue weighted by atomic mass is 16.4. The molecule has 1 saturated heterocycles. The summed E-state index contributed by atoms with van der Waals surface area (Å²) in [4.78, 5) is 14.8. The Morgan fingerprint density at radius 3 is 2.63 bits per heavy atom. The fourth-order valence-corrected chi connectivity index (χ4v) is 2.74. The number of rotatable bonds is 4. The Bertz CT molecular complexity index is 344. The summed E-state index contributed by atoms with van der Waals surface area (Å²) in [5.41, 5.74) is 4.85. The first-order valence-electron chi connectivity index (χ1n) is 7.30. The quantitative estimate of drug-likeness (QED) is 0.356. The second-order valence-corrected chi connectivity index (χ2v) is 5.58. The van der Waals surface area contributed by atoms with E-state index in [0.29, 0.717) is 6.42 Å². The van der Waals surface area contributed by atoms with Gasteiger partial charge in [-0.15, -0.1) is 0 Å². The first-order valence-corrected chi connectivity index (χ1v) is 7.30. The Labute approximate surface area is 115 Å². The number of oxime groups is 1. The van der Waals surface area contributed by atoms with Crippen LogP contribution in [0, 0.1) is 5.41 Å². The topological polar surface area (TPSA) is 78.9 Å². The molecule has 1 amide bonds. The molecule has 0 radical (unpaired) electrons. The molecule has 1 rings (SSSR count). The predicted octanol–water partition coefficient (Wildman–Crippen LogP) is 2.33. The van der Waals surface area contributed by atoms with Crippen LogP contribution >= 0.6 is 0 Å². The molecule has 3 N–H and O–H groups in total. The van der Waals surface area contributed by atoms with Gasteiger partial charge >= 0.3 is 0 Å². The van der Waals surface area contributed by atoms with Crippen molar-refractivity contribution in [3.8, 4) is 0 Å². The minimum absolute atomic E-state index is 0.000880. The second kappa shape index (κ2) is 6.78. The van der Waals surface area contributed by atoms with Gasteiger partial charge in [-0.3, -0.25) is 4.79 Å². The van der Waals surface area contributed by atoms with Crippen LogP contribution < -0.4 is 5.73 Å². The number of nitrogens with zero attached hydrogens (tertiary/aromatic N) is 2. The first kappa shape index (κ1) is 15.8. The van der Waals surface area contributed by atoms with Crippen LogP contribution in [0.15, 0.2) is 5.16 Å². The van der Waals surface area contributed by atoms with Gasteiger partial charge in [-0.2, -0.15) is 0 Å². The van der Waals surface area contributed by atoms with Crippen molar-refractivity contribution in [2.24, 2.45) is 16.3 Å². The molecule has 1 aliphatic rings. The maximum absolute atomic E-state index is 12.8. The number of hydrogen-bond acceptors (Lipinski definition) is 3. The molecule has 0 aromatic rings. The van der Waals surface area contributed by atoms with E-state index in [1.54, 1.807) is 6.92 Å². The van der Waals surface area contributed by atoms with E-state index in [0.717, 1.165) is 25.8 Å². The minimum Gasteiger partial charge on any atom is -0.409 e. The molecule has 2 atom stereocenters. The summed E-state index contributed by atoms with van der Waals surface area (Å²) in [6.45, 7) is 6.56. The Balaban J connectivity index is 3.00. The zero-order valence-electron chi connectivity index (χ0n) is 12.4. The van der Waals surface area contributed by atoms with Crippen LogP contribution in [-0.2, 0) is 4.79 Å². The molecule has 0 aliphatic carbocycles. The zero-order valence-corrected chi connectivity index (χ0v) is 12.4. The number of amides is 1. The largest absolute Gasteiger partial charge is 0.409 e. The van der Waals surface area contributed by atoms with E-state index in [4.69, 9.17) is 10.9 Å². The van der Waals surface area contributed by atoms with Crippen LogP contribution in [0.4, 0.5) is 0 Å². The van der Waals surface area contributed by atoms with Gasteiger partial charge in [0.25, 0.3) is 0 Å². The fraction of sp³-hybridized carbons (Fsp3) is 0.857. The lowest BCUT2D eigenvalue weighted by Gasteiger charge is -2.36. The SMILES string of the molecule is CCC1CCCCCN1C(=O)C(C)(CC)C(N)=NO. The van der Waals surface area contributed by atoms with Gasteiger partial charge in [-0.05, 0) is 32.6 Å². The summed E-state index contributed by atoms with van der Waals surface area (Å²) in [6, 6.07) is 0.285. The molecule has 0 spiro atoms. The van der Waals surface area contributed by atoms with Crippen LogP contribution in [0.1, 0.15) is 59.3 Å². The monoisotopic (exact) mass is 269 g/mol. The van der Waals surface area contributed by atoms with E-state index in [9.17, 15) is 4.79 Å². The van der Waals surface area contributed by atoms with Crippen molar-refractivity contribution in [2.75, 3.05) is 6.54 Å². The highest BCUT2D eigenvalue weighted by Gasteiger charge is 2.41. The highest BCUT2D eigenvalue weighted by Crippen LogP contribution is 2.29. The lowest BCUT2D eigenvalue weighted by molar-refractivity contribution is -0.140. The molecule has 0 aromatic carbocycles. The van der Waals surface area contributed by atoms with E-state index in [2.05, 4.69) is 12.1 Å². The van der Waals surface area contributed by atoms with Gasteiger partial charge < -0.3 is 15.8 Å². The number of amidine groups is 1. The molecule has 2 unspecified atom stereocenters. The van der Waals surface area contributed by atoms with Gasteiger partial charge in [0, 0.05) is 12.6 Å². The number of likely N-dealkylation sites (tertiary alicyclic amines) is 1. The summed E-state index contributed by atoms with van der Waals surface area (Å²) in [5, 5.41) is 12.0. The van der Waals surface area contributed by atoms with Crippen LogP contribution in [-0.4, -0.2) is 34.4 Å². The summed E-state index contributed by atoms with van der Waals surface area (Å²) < 4.78 is 0. The predicted molar refractivity (Wildman–Crippen MR) is 76.1 cm³/mol.